The molecule has 1 N–H and O–H groups in total. The quantitative estimate of drug-likeness (QED) is 0.601. The second-order valence-corrected chi connectivity index (χ2v) is 5.65. The number of benzene rings is 1. The molecule has 1 unspecified atom stereocenters. The zero-order chi connectivity index (χ0) is 19.6. The highest BCUT2D eigenvalue weighted by Crippen LogP contribution is 2.38. The van der Waals surface area contributed by atoms with Crippen molar-refractivity contribution in [2.75, 3.05) is 40.5 Å². The van der Waals surface area contributed by atoms with Gasteiger partial charge in [0.15, 0.2) is 11.5 Å². The Morgan fingerprint density at radius 1 is 1.31 bits per heavy atom. The monoisotopic (exact) mass is 364 g/mol. The Balaban J connectivity index is 3.44. The van der Waals surface area contributed by atoms with Crippen molar-refractivity contribution >= 4 is 5.97 Å². The maximum atomic E-state index is 11.7. The van der Waals surface area contributed by atoms with Gasteiger partial charge in [-0.1, -0.05) is 13.0 Å². The number of aliphatic hydroxyl groups excluding tert-OH is 1. The molecule has 0 spiro atoms. The van der Waals surface area contributed by atoms with Gasteiger partial charge in [0.05, 0.1) is 33.5 Å². The molecule has 0 bridgehead atoms. The molecule has 0 radical (unpaired) electrons. The van der Waals surface area contributed by atoms with E-state index in [1.54, 1.807) is 25.3 Å². The summed E-state index contributed by atoms with van der Waals surface area (Å²) in [6.07, 6.45) is 0.323. The van der Waals surface area contributed by atoms with Crippen LogP contribution in [0.25, 0.3) is 0 Å². The second kappa shape index (κ2) is 10.6. The molecule has 0 saturated heterocycles. The van der Waals surface area contributed by atoms with E-state index in [0.29, 0.717) is 36.8 Å². The number of likely N-dealkylation sites (N-methyl/N-ethyl adjacent to an activating group) is 1. The van der Waals surface area contributed by atoms with E-state index in [1.165, 1.54) is 7.11 Å². The average molecular weight is 364 g/mol. The minimum absolute atomic E-state index is 0.0853. The number of ether oxygens (including phenoxy) is 3. The summed E-state index contributed by atoms with van der Waals surface area (Å²) < 4.78 is 15.7. The lowest BCUT2D eigenvalue weighted by Gasteiger charge is -2.38. The van der Waals surface area contributed by atoms with Gasteiger partial charge in [0.2, 0.25) is 0 Å². The van der Waals surface area contributed by atoms with Crippen molar-refractivity contribution in [3.05, 3.63) is 23.8 Å². The largest absolute Gasteiger partial charge is 0.493 e. The van der Waals surface area contributed by atoms with Crippen LogP contribution < -0.4 is 9.47 Å². The summed E-state index contributed by atoms with van der Waals surface area (Å²) in [5, 5.41) is 19.5. The Bertz CT molecular complexity index is 629. The molecule has 1 rings (SSSR count). The summed E-state index contributed by atoms with van der Waals surface area (Å²) >= 11 is 0. The molecule has 1 aromatic carbocycles. The van der Waals surface area contributed by atoms with Gasteiger partial charge >= 0.3 is 5.97 Å². The van der Waals surface area contributed by atoms with Crippen LogP contribution >= 0.6 is 0 Å². The SMILES string of the molecule is CCOc1cc(C(C#N)(CCC(=O)OC)N(CC)CCO)ccc1OC. The molecule has 144 valence electrons. The molecule has 0 aliphatic heterocycles. The molecular weight excluding hydrogens is 336 g/mol. The van der Waals surface area contributed by atoms with Crippen molar-refractivity contribution in [2.45, 2.75) is 32.2 Å². The number of esters is 1. The van der Waals surface area contributed by atoms with Crippen LogP contribution in [0.4, 0.5) is 0 Å². The van der Waals surface area contributed by atoms with Crippen LogP contribution in [-0.2, 0) is 15.1 Å². The Morgan fingerprint density at radius 3 is 2.54 bits per heavy atom. The first-order valence-electron chi connectivity index (χ1n) is 8.68. The summed E-state index contributed by atoms with van der Waals surface area (Å²) in [7, 11) is 2.87. The highest BCUT2D eigenvalue weighted by atomic mass is 16.5. The molecule has 1 aromatic rings. The molecule has 1 atom stereocenters. The van der Waals surface area contributed by atoms with Gasteiger partial charge in [-0.25, -0.2) is 0 Å². The lowest BCUT2D eigenvalue weighted by molar-refractivity contribution is -0.141. The summed E-state index contributed by atoms with van der Waals surface area (Å²) in [6.45, 7) is 4.98. The molecule has 7 heteroatoms. The van der Waals surface area contributed by atoms with E-state index in [1.807, 2.05) is 18.7 Å². The lowest BCUT2D eigenvalue weighted by Crippen LogP contribution is -2.47. The van der Waals surface area contributed by atoms with Crippen LogP contribution in [0, 0.1) is 11.3 Å². The van der Waals surface area contributed by atoms with Gasteiger partial charge in [0.25, 0.3) is 0 Å². The van der Waals surface area contributed by atoms with Crippen molar-refractivity contribution in [2.24, 2.45) is 0 Å². The van der Waals surface area contributed by atoms with E-state index in [4.69, 9.17) is 14.2 Å². The number of carbonyl (C=O) groups is 1. The number of hydrogen-bond donors (Lipinski definition) is 1. The first-order chi connectivity index (χ1) is 12.5. The maximum Gasteiger partial charge on any atom is 0.305 e. The number of carbonyl (C=O) groups excluding carboxylic acids is 1. The molecule has 0 aliphatic rings. The van der Waals surface area contributed by atoms with Crippen LogP contribution in [0.3, 0.4) is 0 Å². The molecule has 7 nitrogen and oxygen atoms in total. The van der Waals surface area contributed by atoms with Gasteiger partial charge in [-0.05, 0) is 37.6 Å². The number of hydrogen-bond acceptors (Lipinski definition) is 7. The summed E-state index contributed by atoms with van der Waals surface area (Å²) in [6, 6.07) is 7.67. The predicted octanol–water partition coefficient (Wildman–Crippen LogP) is 2.08. The van der Waals surface area contributed by atoms with E-state index in [2.05, 4.69) is 6.07 Å². The zero-order valence-electron chi connectivity index (χ0n) is 15.9. The van der Waals surface area contributed by atoms with Crippen LogP contribution in [-0.4, -0.2) is 56.5 Å². The number of rotatable bonds is 11. The highest BCUT2D eigenvalue weighted by molar-refractivity contribution is 5.69. The molecule has 26 heavy (non-hydrogen) atoms. The molecule has 0 aliphatic carbocycles. The average Bonchev–Trinajstić information content (AvgIpc) is 2.67. The van der Waals surface area contributed by atoms with Crippen LogP contribution in [0.15, 0.2) is 18.2 Å². The van der Waals surface area contributed by atoms with Gasteiger partial charge in [0.1, 0.15) is 5.54 Å². The molecule has 0 fully saturated rings. The Kier molecular flexibility index (Phi) is 8.90. The Labute approximate surface area is 155 Å². The summed E-state index contributed by atoms with van der Waals surface area (Å²) in [5.41, 5.74) is -0.410. The minimum atomic E-state index is -1.09. The fourth-order valence-electron chi connectivity index (χ4n) is 3.00. The van der Waals surface area contributed by atoms with E-state index in [-0.39, 0.29) is 25.4 Å². The van der Waals surface area contributed by atoms with E-state index < -0.39 is 5.54 Å². The summed E-state index contributed by atoms with van der Waals surface area (Å²) in [5.74, 6) is 0.717. The zero-order valence-corrected chi connectivity index (χ0v) is 15.9. The van der Waals surface area contributed by atoms with Gasteiger partial charge in [0, 0.05) is 13.0 Å². The number of aliphatic hydroxyl groups is 1. The molecule has 0 saturated carbocycles. The highest BCUT2D eigenvalue weighted by Gasteiger charge is 2.39. The van der Waals surface area contributed by atoms with Gasteiger partial charge < -0.3 is 19.3 Å². The third-order valence-electron chi connectivity index (χ3n) is 4.34. The standard InChI is InChI=1S/C19H28N2O5/c1-5-21(11-12-22)19(14-20,10-9-18(23)25-4)15-7-8-16(24-3)17(13-15)26-6-2/h7-8,13,22H,5-6,9-12H2,1-4H3. The van der Waals surface area contributed by atoms with Crippen molar-refractivity contribution in [1.29, 1.82) is 5.26 Å². The Hall–Kier alpha value is -2.30. The number of nitriles is 1. The fourth-order valence-corrected chi connectivity index (χ4v) is 3.00. The van der Waals surface area contributed by atoms with Crippen LogP contribution in [0.5, 0.6) is 11.5 Å². The summed E-state index contributed by atoms with van der Waals surface area (Å²) in [4.78, 5) is 13.6. The number of methoxy groups -OCH3 is 2. The third-order valence-corrected chi connectivity index (χ3v) is 4.34. The molecular formula is C19H28N2O5. The van der Waals surface area contributed by atoms with E-state index >= 15 is 0 Å². The topological polar surface area (TPSA) is 92.0 Å². The van der Waals surface area contributed by atoms with Crippen molar-refractivity contribution < 1.29 is 24.1 Å². The minimum Gasteiger partial charge on any atom is -0.493 e. The first-order valence-corrected chi connectivity index (χ1v) is 8.68. The smallest absolute Gasteiger partial charge is 0.305 e. The van der Waals surface area contributed by atoms with E-state index in [0.717, 1.165) is 0 Å². The lowest BCUT2D eigenvalue weighted by atomic mass is 9.84. The normalized spacial score (nSPS) is 13.0. The van der Waals surface area contributed by atoms with Gasteiger partial charge in [-0.15, -0.1) is 0 Å². The molecule has 0 aromatic heterocycles. The molecule has 0 amide bonds. The number of nitrogens with zero attached hydrogens (tertiary/aromatic N) is 2. The first kappa shape index (κ1) is 21.7. The van der Waals surface area contributed by atoms with Gasteiger partial charge in [-0.2, -0.15) is 5.26 Å². The maximum absolute atomic E-state index is 11.7. The predicted molar refractivity (Wildman–Crippen MR) is 97.0 cm³/mol. The third kappa shape index (κ3) is 4.87. The van der Waals surface area contributed by atoms with Crippen molar-refractivity contribution in [3.63, 3.8) is 0 Å². The van der Waals surface area contributed by atoms with Crippen molar-refractivity contribution in [1.82, 2.24) is 4.90 Å². The van der Waals surface area contributed by atoms with Crippen molar-refractivity contribution in [3.8, 4) is 17.6 Å². The van der Waals surface area contributed by atoms with E-state index in [9.17, 15) is 15.2 Å². The Morgan fingerprint density at radius 2 is 2.04 bits per heavy atom. The fraction of sp³-hybridized carbons (Fsp3) is 0.579. The van der Waals surface area contributed by atoms with Crippen LogP contribution in [0.1, 0.15) is 32.3 Å². The van der Waals surface area contributed by atoms with Crippen LogP contribution in [0.2, 0.25) is 0 Å². The molecule has 0 heterocycles. The van der Waals surface area contributed by atoms with Gasteiger partial charge in [-0.3, -0.25) is 9.69 Å². The second-order valence-electron chi connectivity index (χ2n) is 5.65.